The standard InChI is InChI=1S/C22H24F2N4O3/c1-12(2)31-19-6-21-25-17(22-14-10-30-11-15(14)22)8-27(21)7-13(19)5-18(29)16-3-4-28(26-16)9-20(23)24/h3-4,6-8,12,14-15,20,22H,5,9-11H2,1-2H3. The Hall–Kier alpha value is -2.81. The van der Waals surface area contributed by atoms with Crippen molar-refractivity contribution in [3.05, 3.63) is 47.7 Å². The smallest absolute Gasteiger partial charge is 0.257 e. The quantitative estimate of drug-likeness (QED) is 0.513. The molecule has 2 aliphatic rings. The van der Waals surface area contributed by atoms with E-state index in [9.17, 15) is 13.6 Å². The van der Waals surface area contributed by atoms with Crippen molar-refractivity contribution < 1.29 is 23.0 Å². The number of carbonyl (C=O) groups excluding carboxylic acids is 1. The lowest BCUT2D eigenvalue weighted by Gasteiger charge is -2.14. The number of imidazole rings is 1. The van der Waals surface area contributed by atoms with E-state index in [-0.39, 0.29) is 24.0 Å². The van der Waals surface area contributed by atoms with Crippen molar-refractivity contribution in [2.75, 3.05) is 13.2 Å². The summed E-state index contributed by atoms with van der Waals surface area (Å²) in [6.07, 6.45) is 2.74. The lowest BCUT2D eigenvalue weighted by atomic mass is 10.1. The van der Waals surface area contributed by atoms with E-state index >= 15 is 0 Å². The maximum Gasteiger partial charge on any atom is 0.257 e. The van der Waals surface area contributed by atoms with Crippen LogP contribution in [-0.2, 0) is 17.7 Å². The summed E-state index contributed by atoms with van der Waals surface area (Å²) < 4.78 is 39.6. The number of rotatable bonds is 8. The summed E-state index contributed by atoms with van der Waals surface area (Å²) in [6, 6.07) is 3.33. The van der Waals surface area contributed by atoms with Crippen LogP contribution in [0.2, 0.25) is 0 Å². The minimum Gasteiger partial charge on any atom is -0.491 e. The topological polar surface area (TPSA) is 70.7 Å². The molecule has 9 heteroatoms. The Bertz CT molecular complexity index is 1110. The van der Waals surface area contributed by atoms with E-state index in [0.717, 1.165) is 29.2 Å². The summed E-state index contributed by atoms with van der Waals surface area (Å²) in [4.78, 5) is 17.6. The van der Waals surface area contributed by atoms with Crippen LogP contribution < -0.4 is 4.74 Å². The molecule has 0 spiro atoms. The summed E-state index contributed by atoms with van der Waals surface area (Å²) >= 11 is 0. The van der Waals surface area contributed by atoms with Gasteiger partial charge < -0.3 is 13.9 Å². The second kappa shape index (κ2) is 7.71. The summed E-state index contributed by atoms with van der Waals surface area (Å²) in [5.74, 6) is 1.89. The molecule has 0 bridgehead atoms. The largest absolute Gasteiger partial charge is 0.491 e. The molecule has 2 fully saturated rings. The van der Waals surface area contributed by atoms with Crippen LogP contribution in [0.15, 0.2) is 30.7 Å². The molecule has 1 aliphatic carbocycles. The molecule has 3 aromatic rings. The fourth-order valence-corrected chi connectivity index (χ4v) is 4.43. The lowest BCUT2D eigenvalue weighted by Crippen LogP contribution is -2.12. The molecular weight excluding hydrogens is 406 g/mol. The average Bonchev–Trinajstić information content (AvgIpc) is 3.13. The monoisotopic (exact) mass is 430 g/mol. The van der Waals surface area contributed by atoms with Gasteiger partial charge in [0.2, 0.25) is 0 Å². The van der Waals surface area contributed by atoms with E-state index < -0.39 is 13.0 Å². The highest BCUT2D eigenvalue weighted by Gasteiger charge is 2.55. The lowest BCUT2D eigenvalue weighted by molar-refractivity contribution is 0.0979. The van der Waals surface area contributed by atoms with Crippen molar-refractivity contribution >= 4 is 11.4 Å². The summed E-state index contributed by atoms with van der Waals surface area (Å²) in [5, 5.41) is 3.98. The number of alkyl halides is 2. The molecule has 3 aromatic heterocycles. The molecule has 1 aliphatic heterocycles. The molecule has 2 unspecified atom stereocenters. The molecule has 0 aromatic carbocycles. The molecule has 0 N–H and O–H groups in total. The van der Waals surface area contributed by atoms with E-state index in [1.54, 1.807) is 0 Å². The van der Waals surface area contributed by atoms with Crippen LogP contribution in [0.5, 0.6) is 5.75 Å². The molecule has 31 heavy (non-hydrogen) atoms. The van der Waals surface area contributed by atoms with Crippen LogP contribution in [-0.4, -0.2) is 50.7 Å². The highest BCUT2D eigenvalue weighted by atomic mass is 19.3. The number of pyridine rings is 1. The Kier molecular flexibility index (Phi) is 5.00. The van der Waals surface area contributed by atoms with E-state index in [2.05, 4.69) is 5.10 Å². The van der Waals surface area contributed by atoms with Gasteiger partial charge in [0.1, 0.15) is 23.6 Å². The van der Waals surface area contributed by atoms with Gasteiger partial charge in [-0.2, -0.15) is 5.10 Å². The van der Waals surface area contributed by atoms with Gasteiger partial charge in [0.05, 0.1) is 25.0 Å². The van der Waals surface area contributed by atoms with E-state index in [1.165, 1.54) is 12.3 Å². The Labute approximate surface area is 178 Å². The Balaban J connectivity index is 1.41. The number of Topliss-reactive ketones (excluding diaryl/α,β-unsaturated/α-hetero) is 1. The number of halogens is 2. The van der Waals surface area contributed by atoms with Crippen LogP contribution in [0.1, 0.15) is 41.5 Å². The van der Waals surface area contributed by atoms with Crippen LogP contribution in [0.25, 0.3) is 5.65 Å². The molecule has 2 atom stereocenters. The summed E-state index contributed by atoms with van der Waals surface area (Å²) in [5.41, 5.74) is 2.68. The number of carbonyl (C=O) groups is 1. The summed E-state index contributed by atoms with van der Waals surface area (Å²) in [7, 11) is 0. The Morgan fingerprint density at radius 2 is 2.06 bits per heavy atom. The van der Waals surface area contributed by atoms with Gasteiger partial charge in [-0.05, 0) is 31.7 Å². The molecule has 5 rings (SSSR count). The molecule has 164 valence electrons. The number of fused-ring (bicyclic) bond motifs is 2. The van der Waals surface area contributed by atoms with Gasteiger partial charge in [-0.1, -0.05) is 0 Å². The third-order valence-corrected chi connectivity index (χ3v) is 5.91. The molecule has 0 amide bonds. The molecule has 1 saturated carbocycles. The van der Waals surface area contributed by atoms with Crippen molar-refractivity contribution in [3.63, 3.8) is 0 Å². The van der Waals surface area contributed by atoms with Crippen LogP contribution in [0.4, 0.5) is 8.78 Å². The van der Waals surface area contributed by atoms with E-state index in [1.807, 2.05) is 36.7 Å². The molecule has 4 heterocycles. The van der Waals surface area contributed by atoms with Gasteiger partial charge in [0.15, 0.2) is 5.78 Å². The first-order chi connectivity index (χ1) is 14.9. The molecule has 7 nitrogen and oxygen atoms in total. The van der Waals surface area contributed by atoms with Crippen LogP contribution >= 0.6 is 0 Å². The number of aromatic nitrogens is 4. The predicted molar refractivity (Wildman–Crippen MR) is 108 cm³/mol. The molecule has 0 radical (unpaired) electrons. The van der Waals surface area contributed by atoms with Crippen molar-refractivity contribution in [2.24, 2.45) is 11.8 Å². The van der Waals surface area contributed by atoms with Crippen molar-refractivity contribution in [3.8, 4) is 5.75 Å². The third-order valence-electron chi connectivity index (χ3n) is 5.91. The van der Waals surface area contributed by atoms with Crippen molar-refractivity contribution in [2.45, 2.75) is 45.3 Å². The maximum atomic E-state index is 12.8. The van der Waals surface area contributed by atoms with Crippen LogP contribution in [0.3, 0.4) is 0 Å². The minimum atomic E-state index is -2.52. The maximum absolute atomic E-state index is 12.8. The van der Waals surface area contributed by atoms with E-state index in [4.69, 9.17) is 14.5 Å². The third kappa shape index (κ3) is 3.94. The zero-order chi connectivity index (χ0) is 21.7. The van der Waals surface area contributed by atoms with Gasteiger partial charge >= 0.3 is 0 Å². The fraction of sp³-hybridized carbons (Fsp3) is 0.500. The number of hydrogen-bond acceptors (Lipinski definition) is 5. The summed E-state index contributed by atoms with van der Waals surface area (Å²) in [6.45, 7) is 4.90. The minimum absolute atomic E-state index is 0.0553. The second-order valence-corrected chi connectivity index (χ2v) is 8.57. The first-order valence-corrected chi connectivity index (χ1v) is 10.5. The zero-order valence-electron chi connectivity index (χ0n) is 17.4. The van der Waals surface area contributed by atoms with Crippen LogP contribution in [0, 0.1) is 11.8 Å². The number of hydrogen-bond donors (Lipinski definition) is 0. The number of ketones is 1. The normalized spacial score (nSPS) is 22.5. The molecule has 1 saturated heterocycles. The first kappa shape index (κ1) is 20.1. The van der Waals surface area contributed by atoms with Gasteiger partial charge in [-0.15, -0.1) is 0 Å². The highest BCUT2D eigenvalue weighted by Crippen LogP contribution is 2.57. The number of nitrogens with zero attached hydrogens (tertiary/aromatic N) is 4. The Morgan fingerprint density at radius 3 is 2.77 bits per heavy atom. The van der Waals surface area contributed by atoms with Gasteiger partial charge in [-0.3, -0.25) is 9.48 Å². The average molecular weight is 430 g/mol. The first-order valence-electron chi connectivity index (χ1n) is 10.5. The zero-order valence-corrected chi connectivity index (χ0v) is 17.4. The fourth-order valence-electron chi connectivity index (χ4n) is 4.43. The second-order valence-electron chi connectivity index (χ2n) is 8.57. The predicted octanol–water partition coefficient (Wildman–Crippen LogP) is 3.37. The van der Waals surface area contributed by atoms with Gasteiger partial charge in [0, 0.05) is 42.6 Å². The molecular formula is C22H24F2N4O3. The van der Waals surface area contributed by atoms with Crippen molar-refractivity contribution in [1.29, 1.82) is 0 Å². The Morgan fingerprint density at radius 1 is 1.29 bits per heavy atom. The van der Waals surface area contributed by atoms with Gasteiger partial charge in [-0.25, -0.2) is 13.8 Å². The number of ether oxygens (including phenoxy) is 2. The van der Waals surface area contributed by atoms with E-state index in [0.29, 0.717) is 29.1 Å². The SMILES string of the molecule is CC(C)Oc1cc2nc(C3C4COCC43)cn2cc1CC(=O)c1ccn(CC(F)F)n1. The van der Waals surface area contributed by atoms with Crippen molar-refractivity contribution in [1.82, 2.24) is 19.2 Å². The highest BCUT2D eigenvalue weighted by molar-refractivity contribution is 5.96. The van der Waals surface area contributed by atoms with Gasteiger partial charge in [0.25, 0.3) is 6.43 Å².